The molecule has 1 saturated heterocycles. The zero-order valence-electron chi connectivity index (χ0n) is 9.73. The number of aliphatic carboxylic acids is 1. The molecule has 2 atom stereocenters. The van der Waals surface area contributed by atoms with Crippen LogP contribution in [-0.2, 0) is 4.79 Å². The molecular formula is C12H11F2NO4. The number of fused-ring (bicyclic) bond motifs is 1. The van der Waals surface area contributed by atoms with Crippen molar-refractivity contribution in [1.29, 1.82) is 0 Å². The number of carboxylic acid groups (broad SMARTS) is 1. The second-order valence-corrected chi connectivity index (χ2v) is 4.55. The quantitative estimate of drug-likeness (QED) is 0.851. The lowest BCUT2D eigenvalue weighted by Crippen LogP contribution is -2.26. The van der Waals surface area contributed by atoms with Crippen molar-refractivity contribution in [1.82, 2.24) is 5.32 Å². The second-order valence-electron chi connectivity index (χ2n) is 4.55. The number of nitrogens with one attached hydrogen (secondary N) is 1. The molecule has 1 aromatic carbocycles. The van der Waals surface area contributed by atoms with Gasteiger partial charge in [0, 0.05) is 24.6 Å². The molecule has 102 valence electrons. The Morgan fingerprint density at radius 1 is 1.37 bits per heavy atom. The van der Waals surface area contributed by atoms with Crippen LogP contribution < -0.4 is 14.8 Å². The first kappa shape index (κ1) is 12.2. The van der Waals surface area contributed by atoms with Crippen LogP contribution in [0.5, 0.6) is 11.5 Å². The Bertz CT molecular complexity index is 534. The summed E-state index contributed by atoms with van der Waals surface area (Å²) in [6, 6.07) is 4.52. The number of halogens is 2. The Morgan fingerprint density at radius 2 is 2.16 bits per heavy atom. The summed E-state index contributed by atoms with van der Waals surface area (Å²) in [4.78, 5) is 11.2. The monoisotopic (exact) mass is 271 g/mol. The summed E-state index contributed by atoms with van der Waals surface area (Å²) in [5, 5.41) is 12.1. The van der Waals surface area contributed by atoms with Crippen LogP contribution in [0.1, 0.15) is 11.5 Å². The highest BCUT2D eigenvalue weighted by Crippen LogP contribution is 2.47. The van der Waals surface area contributed by atoms with E-state index in [1.165, 1.54) is 6.07 Å². The normalized spacial score (nSPS) is 27.5. The van der Waals surface area contributed by atoms with Crippen molar-refractivity contribution in [3.8, 4) is 11.5 Å². The topological polar surface area (TPSA) is 67.8 Å². The summed E-state index contributed by atoms with van der Waals surface area (Å²) in [6.45, 7) is 0.712. The number of alkyl halides is 2. The minimum atomic E-state index is -3.69. The van der Waals surface area contributed by atoms with Crippen molar-refractivity contribution >= 4 is 5.97 Å². The molecular weight excluding hydrogens is 260 g/mol. The molecule has 2 N–H and O–H groups in total. The molecule has 0 aliphatic carbocycles. The molecule has 1 aromatic rings. The fourth-order valence-corrected chi connectivity index (χ4v) is 2.55. The number of hydrogen-bond donors (Lipinski definition) is 2. The third kappa shape index (κ3) is 1.99. The van der Waals surface area contributed by atoms with E-state index in [1.807, 2.05) is 0 Å². The largest absolute Gasteiger partial charge is 0.586 e. The third-order valence-electron chi connectivity index (χ3n) is 3.39. The predicted octanol–water partition coefficient (Wildman–Crippen LogP) is 1.40. The van der Waals surface area contributed by atoms with E-state index >= 15 is 0 Å². The van der Waals surface area contributed by atoms with E-state index in [1.54, 1.807) is 12.1 Å². The highest BCUT2D eigenvalue weighted by molar-refractivity contribution is 5.73. The van der Waals surface area contributed by atoms with Gasteiger partial charge in [0.25, 0.3) is 0 Å². The van der Waals surface area contributed by atoms with Crippen LogP contribution in [0.15, 0.2) is 18.2 Å². The highest BCUT2D eigenvalue weighted by atomic mass is 19.3. The molecule has 7 heteroatoms. The molecule has 3 rings (SSSR count). The number of rotatable bonds is 2. The van der Waals surface area contributed by atoms with Crippen molar-refractivity contribution in [2.24, 2.45) is 5.92 Å². The minimum absolute atomic E-state index is 0.0569. The van der Waals surface area contributed by atoms with Gasteiger partial charge in [-0.1, -0.05) is 12.1 Å². The first-order valence-electron chi connectivity index (χ1n) is 5.80. The predicted molar refractivity (Wildman–Crippen MR) is 59.4 cm³/mol. The van der Waals surface area contributed by atoms with Gasteiger partial charge in [0.05, 0.1) is 5.92 Å². The van der Waals surface area contributed by atoms with Gasteiger partial charge in [0.15, 0.2) is 11.5 Å². The van der Waals surface area contributed by atoms with Crippen LogP contribution in [0.3, 0.4) is 0 Å². The van der Waals surface area contributed by atoms with E-state index in [0.29, 0.717) is 18.7 Å². The van der Waals surface area contributed by atoms with Gasteiger partial charge in [-0.05, 0) is 6.07 Å². The first-order valence-corrected chi connectivity index (χ1v) is 5.80. The van der Waals surface area contributed by atoms with E-state index in [9.17, 15) is 13.6 Å². The van der Waals surface area contributed by atoms with E-state index in [2.05, 4.69) is 14.8 Å². The Balaban J connectivity index is 1.99. The van der Waals surface area contributed by atoms with Crippen molar-refractivity contribution in [3.63, 3.8) is 0 Å². The average Bonchev–Trinajstić information content (AvgIpc) is 2.89. The van der Waals surface area contributed by atoms with Gasteiger partial charge in [-0.2, -0.15) is 0 Å². The van der Waals surface area contributed by atoms with E-state index in [-0.39, 0.29) is 11.5 Å². The van der Waals surface area contributed by atoms with Crippen LogP contribution >= 0.6 is 0 Å². The van der Waals surface area contributed by atoms with Gasteiger partial charge in [0.1, 0.15) is 0 Å². The van der Waals surface area contributed by atoms with Crippen LogP contribution in [0.4, 0.5) is 8.78 Å². The van der Waals surface area contributed by atoms with E-state index < -0.39 is 24.1 Å². The van der Waals surface area contributed by atoms with E-state index in [0.717, 1.165) is 0 Å². The third-order valence-corrected chi connectivity index (χ3v) is 3.39. The smallest absolute Gasteiger partial charge is 0.481 e. The van der Waals surface area contributed by atoms with Gasteiger partial charge >= 0.3 is 12.3 Å². The lowest BCUT2D eigenvalue weighted by molar-refractivity contribution is -0.287. The number of para-hydroxylation sites is 1. The lowest BCUT2D eigenvalue weighted by atomic mass is 9.88. The van der Waals surface area contributed by atoms with Crippen molar-refractivity contribution in [3.05, 3.63) is 23.8 Å². The fraction of sp³-hybridized carbons (Fsp3) is 0.417. The summed E-state index contributed by atoms with van der Waals surface area (Å²) in [6.07, 6.45) is -3.69. The maximum Gasteiger partial charge on any atom is 0.586 e. The Labute approximate surface area is 107 Å². The molecule has 2 heterocycles. The van der Waals surface area contributed by atoms with Gasteiger partial charge in [-0.15, -0.1) is 8.78 Å². The molecule has 0 radical (unpaired) electrons. The molecule has 1 fully saturated rings. The first-order chi connectivity index (χ1) is 8.98. The summed E-state index contributed by atoms with van der Waals surface area (Å²) in [5.74, 6) is -2.15. The van der Waals surface area contributed by atoms with Crippen LogP contribution in [0.25, 0.3) is 0 Å². The Kier molecular flexibility index (Phi) is 2.60. The van der Waals surface area contributed by atoms with Gasteiger partial charge < -0.3 is 19.9 Å². The molecule has 2 aliphatic rings. The van der Waals surface area contributed by atoms with Crippen molar-refractivity contribution in [2.75, 3.05) is 13.1 Å². The maximum atomic E-state index is 13.1. The standard InChI is InChI=1S/C12H11F2NO4/c13-12(14)18-9-3-1-2-6(10(9)19-12)7-4-15-5-8(7)11(16)17/h1-3,7-8,15H,4-5H2,(H,16,17). The van der Waals surface area contributed by atoms with Crippen LogP contribution in [0.2, 0.25) is 0 Å². The van der Waals surface area contributed by atoms with Crippen molar-refractivity contribution < 1.29 is 28.2 Å². The maximum absolute atomic E-state index is 13.1. The molecule has 0 aromatic heterocycles. The molecule has 5 nitrogen and oxygen atoms in total. The van der Waals surface area contributed by atoms with Crippen molar-refractivity contribution in [2.45, 2.75) is 12.2 Å². The SMILES string of the molecule is O=C(O)C1CNCC1c1cccc2c1OC(F)(F)O2. The second kappa shape index (κ2) is 4.06. The molecule has 0 spiro atoms. The summed E-state index contributed by atoms with van der Waals surface area (Å²) >= 11 is 0. The van der Waals surface area contributed by atoms with Crippen LogP contribution in [0, 0.1) is 5.92 Å². The number of benzene rings is 1. The zero-order chi connectivity index (χ0) is 13.6. The molecule has 0 bridgehead atoms. The summed E-state index contributed by atoms with van der Waals surface area (Å²) in [7, 11) is 0. The van der Waals surface area contributed by atoms with E-state index in [4.69, 9.17) is 5.11 Å². The number of ether oxygens (including phenoxy) is 2. The Morgan fingerprint density at radius 3 is 2.89 bits per heavy atom. The highest BCUT2D eigenvalue weighted by Gasteiger charge is 2.46. The summed E-state index contributed by atoms with van der Waals surface area (Å²) < 4.78 is 35.0. The number of carboxylic acids is 1. The van der Waals surface area contributed by atoms with Gasteiger partial charge in [-0.25, -0.2) is 0 Å². The molecule has 0 saturated carbocycles. The molecule has 2 aliphatic heterocycles. The molecule has 2 unspecified atom stereocenters. The Hall–Kier alpha value is -1.89. The molecule has 19 heavy (non-hydrogen) atoms. The summed E-state index contributed by atoms with van der Waals surface area (Å²) in [5.41, 5.74) is 0.437. The average molecular weight is 271 g/mol. The lowest BCUT2D eigenvalue weighted by Gasteiger charge is -2.16. The zero-order valence-corrected chi connectivity index (χ0v) is 9.73. The fourth-order valence-electron chi connectivity index (χ4n) is 2.55. The van der Waals surface area contributed by atoms with Gasteiger partial charge in [0.2, 0.25) is 0 Å². The number of carbonyl (C=O) groups is 1. The number of hydrogen-bond acceptors (Lipinski definition) is 4. The van der Waals surface area contributed by atoms with Crippen LogP contribution in [-0.4, -0.2) is 30.5 Å². The van der Waals surface area contributed by atoms with Gasteiger partial charge in [-0.3, -0.25) is 4.79 Å². The molecule has 0 amide bonds. The minimum Gasteiger partial charge on any atom is -0.481 e.